The van der Waals surface area contributed by atoms with Gasteiger partial charge in [-0.15, -0.1) is 0 Å². The minimum absolute atomic E-state index is 0.142. The van der Waals surface area contributed by atoms with E-state index in [2.05, 4.69) is 0 Å². The molecule has 1 aromatic heterocycles. The molecule has 0 unspecified atom stereocenters. The number of piperidine rings is 1. The van der Waals surface area contributed by atoms with Crippen LogP contribution in [0.2, 0.25) is 0 Å². The fourth-order valence-electron chi connectivity index (χ4n) is 3.74. The molecule has 0 N–H and O–H groups in total. The van der Waals surface area contributed by atoms with Crippen LogP contribution < -0.4 is 10.4 Å². The number of ether oxygens (including phenoxy) is 1. The van der Waals surface area contributed by atoms with Gasteiger partial charge in [0.15, 0.2) is 0 Å². The Labute approximate surface area is 182 Å². The minimum Gasteiger partial charge on any atom is -0.490 e. The third-order valence-corrected chi connectivity index (χ3v) is 7.36. The van der Waals surface area contributed by atoms with Gasteiger partial charge in [0, 0.05) is 19.2 Å². The van der Waals surface area contributed by atoms with Gasteiger partial charge in [0.05, 0.1) is 11.0 Å². The molecule has 1 saturated heterocycles. The SMILES string of the molecule is Cc1ccc(-c2ccc(S(=O)(=O)N3CCC(Oc4cc(C)oc(=O)c4)CC3)cc2)cc1. The summed E-state index contributed by atoms with van der Waals surface area (Å²) in [5.74, 6) is 0.943. The molecule has 6 nitrogen and oxygen atoms in total. The third kappa shape index (κ3) is 4.89. The summed E-state index contributed by atoms with van der Waals surface area (Å²) in [5, 5.41) is 0. The average molecular weight is 440 g/mol. The van der Waals surface area contributed by atoms with Crippen LogP contribution >= 0.6 is 0 Å². The van der Waals surface area contributed by atoms with Crippen LogP contribution in [-0.2, 0) is 10.0 Å². The molecule has 0 amide bonds. The second-order valence-corrected chi connectivity index (χ2v) is 9.77. The van der Waals surface area contributed by atoms with Gasteiger partial charge in [-0.2, -0.15) is 4.31 Å². The lowest BCUT2D eigenvalue weighted by molar-refractivity contribution is 0.134. The number of benzene rings is 2. The number of hydrogen-bond donors (Lipinski definition) is 0. The first-order valence-corrected chi connectivity index (χ1v) is 11.7. The smallest absolute Gasteiger partial charge is 0.339 e. The molecule has 162 valence electrons. The third-order valence-electron chi connectivity index (χ3n) is 5.45. The average Bonchev–Trinajstić information content (AvgIpc) is 2.74. The predicted octanol–water partition coefficient (Wildman–Crippen LogP) is 4.16. The molecule has 7 heteroatoms. The highest BCUT2D eigenvalue weighted by Gasteiger charge is 2.30. The quantitative estimate of drug-likeness (QED) is 0.597. The zero-order valence-electron chi connectivity index (χ0n) is 17.6. The van der Waals surface area contributed by atoms with E-state index in [0.29, 0.717) is 42.3 Å². The first-order chi connectivity index (χ1) is 14.8. The molecule has 0 spiro atoms. The van der Waals surface area contributed by atoms with Crippen LogP contribution in [0, 0.1) is 13.8 Å². The number of rotatable bonds is 5. The summed E-state index contributed by atoms with van der Waals surface area (Å²) in [6.07, 6.45) is 0.969. The normalized spacial score (nSPS) is 15.7. The fraction of sp³-hybridized carbons (Fsp3) is 0.292. The highest BCUT2D eigenvalue weighted by molar-refractivity contribution is 7.89. The summed E-state index contributed by atoms with van der Waals surface area (Å²) < 4.78 is 38.4. The van der Waals surface area contributed by atoms with Crippen molar-refractivity contribution < 1.29 is 17.6 Å². The summed E-state index contributed by atoms with van der Waals surface area (Å²) in [4.78, 5) is 11.8. The van der Waals surface area contributed by atoms with Crippen molar-refractivity contribution in [1.82, 2.24) is 4.31 Å². The standard InChI is InChI=1S/C24H25NO5S/c1-17-3-5-19(6-4-17)20-7-9-23(10-8-20)31(27,28)25-13-11-21(12-14-25)30-22-15-18(2)29-24(26)16-22/h3-10,15-16,21H,11-14H2,1-2H3. The Bertz CT molecular complexity index is 1210. The van der Waals surface area contributed by atoms with E-state index in [1.165, 1.54) is 15.9 Å². The van der Waals surface area contributed by atoms with Crippen LogP contribution in [0.25, 0.3) is 11.1 Å². The van der Waals surface area contributed by atoms with Gasteiger partial charge in [-0.3, -0.25) is 0 Å². The Morgan fingerprint density at radius 2 is 1.48 bits per heavy atom. The monoisotopic (exact) mass is 439 g/mol. The maximum atomic E-state index is 13.1. The van der Waals surface area contributed by atoms with Crippen molar-refractivity contribution in [3.05, 3.63) is 82.4 Å². The van der Waals surface area contributed by atoms with E-state index in [4.69, 9.17) is 9.15 Å². The van der Waals surface area contributed by atoms with Crippen molar-refractivity contribution in [2.75, 3.05) is 13.1 Å². The van der Waals surface area contributed by atoms with Crippen molar-refractivity contribution in [3.8, 4) is 16.9 Å². The van der Waals surface area contributed by atoms with E-state index in [1.54, 1.807) is 25.1 Å². The van der Waals surface area contributed by atoms with E-state index in [-0.39, 0.29) is 6.10 Å². The molecule has 0 saturated carbocycles. The predicted molar refractivity (Wildman–Crippen MR) is 119 cm³/mol. The van der Waals surface area contributed by atoms with Gasteiger partial charge in [0.2, 0.25) is 10.0 Å². The zero-order chi connectivity index (χ0) is 22.0. The molecule has 1 fully saturated rings. The first-order valence-electron chi connectivity index (χ1n) is 10.3. The lowest BCUT2D eigenvalue weighted by atomic mass is 10.0. The van der Waals surface area contributed by atoms with Gasteiger partial charge in [0.25, 0.3) is 0 Å². The Morgan fingerprint density at radius 3 is 2.06 bits per heavy atom. The van der Waals surface area contributed by atoms with Crippen molar-refractivity contribution >= 4 is 10.0 Å². The second-order valence-electron chi connectivity index (χ2n) is 7.83. The number of hydrogen-bond acceptors (Lipinski definition) is 5. The van der Waals surface area contributed by atoms with E-state index >= 15 is 0 Å². The number of aryl methyl sites for hydroxylation is 2. The molecule has 0 aliphatic carbocycles. The number of sulfonamides is 1. The van der Waals surface area contributed by atoms with Crippen LogP contribution in [0.15, 0.2) is 74.8 Å². The first kappa shape index (κ1) is 21.3. The number of nitrogens with zero attached hydrogens (tertiary/aromatic N) is 1. The molecule has 0 atom stereocenters. The Morgan fingerprint density at radius 1 is 0.903 bits per heavy atom. The van der Waals surface area contributed by atoms with Crippen LogP contribution in [-0.4, -0.2) is 31.9 Å². The van der Waals surface area contributed by atoms with Crippen LogP contribution in [0.5, 0.6) is 5.75 Å². The molecule has 0 radical (unpaired) electrons. The highest BCUT2D eigenvalue weighted by Crippen LogP contribution is 2.26. The highest BCUT2D eigenvalue weighted by atomic mass is 32.2. The Kier molecular flexibility index (Phi) is 5.98. The van der Waals surface area contributed by atoms with E-state index in [9.17, 15) is 13.2 Å². The zero-order valence-corrected chi connectivity index (χ0v) is 18.4. The summed E-state index contributed by atoms with van der Waals surface area (Å²) in [6.45, 7) is 4.46. The molecular formula is C24H25NO5S. The Hall–Kier alpha value is -2.90. The summed E-state index contributed by atoms with van der Waals surface area (Å²) in [5.41, 5.74) is 2.76. The van der Waals surface area contributed by atoms with Crippen LogP contribution in [0.4, 0.5) is 0 Å². The lowest BCUT2D eigenvalue weighted by Crippen LogP contribution is -2.41. The largest absolute Gasteiger partial charge is 0.490 e. The maximum Gasteiger partial charge on any atom is 0.339 e. The molecule has 1 aliphatic rings. The molecule has 2 heterocycles. The molecule has 0 bridgehead atoms. The van der Waals surface area contributed by atoms with Gasteiger partial charge in [-0.05, 0) is 49.9 Å². The second kappa shape index (κ2) is 8.69. The molecule has 3 aromatic rings. The molecule has 4 rings (SSSR count). The van der Waals surface area contributed by atoms with Crippen molar-refractivity contribution in [2.24, 2.45) is 0 Å². The summed E-state index contributed by atoms with van der Waals surface area (Å²) in [7, 11) is -3.56. The Balaban J connectivity index is 1.41. The van der Waals surface area contributed by atoms with E-state index < -0.39 is 15.6 Å². The molecular weight excluding hydrogens is 414 g/mol. The van der Waals surface area contributed by atoms with Crippen molar-refractivity contribution in [1.29, 1.82) is 0 Å². The van der Waals surface area contributed by atoms with Crippen molar-refractivity contribution in [2.45, 2.75) is 37.7 Å². The van der Waals surface area contributed by atoms with Gasteiger partial charge >= 0.3 is 5.63 Å². The topological polar surface area (TPSA) is 76.8 Å². The van der Waals surface area contributed by atoms with Gasteiger partial charge in [-0.1, -0.05) is 42.0 Å². The summed E-state index contributed by atoms with van der Waals surface area (Å²) in [6, 6.07) is 18.1. The lowest BCUT2D eigenvalue weighted by Gasteiger charge is -2.31. The fourth-order valence-corrected chi connectivity index (χ4v) is 5.21. The van der Waals surface area contributed by atoms with Crippen molar-refractivity contribution in [3.63, 3.8) is 0 Å². The minimum atomic E-state index is -3.56. The molecule has 31 heavy (non-hydrogen) atoms. The maximum absolute atomic E-state index is 13.1. The molecule has 2 aromatic carbocycles. The van der Waals surface area contributed by atoms with E-state index in [1.807, 2.05) is 43.3 Å². The van der Waals surface area contributed by atoms with Gasteiger partial charge < -0.3 is 9.15 Å². The summed E-state index contributed by atoms with van der Waals surface area (Å²) >= 11 is 0. The van der Waals surface area contributed by atoms with Gasteiger partial charge in [0.1, 0.15) is 17.6 Å². The van der Waals surface area contributed by atoms with Gasteiger partial charge in [-0.25, -0.2) is 13.2 Å². The van der Waals surface area contributed by atoms with E-state index in [0.717, 1.165) is 11.1 Å². The van der Waals surface area contributed by atoms with Crippen LogP contribution in [0.3, 0.4) is 0 Å². The van der Waals surface area contributed by atoms with Crippen LogP contribution in [0.1, 0.15) is 24.2 Å². The molecule has 1 aliphatic heterocycles.